The fourth-order valence-electron chi connectivity index (χ4n) is 2.52. The Balaban J connectivity index is 2.04. The highest BCUT2D eigenvalue weighted by atomic mass is 32.2. The van der Waals surface area contributed by atoms with Crippen LogP contribution in [0.4, 0.5) is 5.69 Å². The fourth-order valence-corrected chi connectivity index (χ4v) is 3.59. The predicted molar refractivity (Wildman–Crippen MR) is 82.7 cm³/mol. The van der Waals surface area contributed by atoms with Crippen LogP contribution in [0.1, 0.15) is 23.2 Å². The number of pyridine rings is 1. The van der Waals surface area contributed by atoms with Gasteiger partial charge in [0.2, 0.25) is 0 Å². The molecule has 1 aliphatic heterocycles. The summed E-state index contributed by atoms with van der Waals surface area (Å²) in [5.74, 6) is 1.28. The van der Waals surface area contributed by atoms with E-state index in [0.29, 0.717) is 11.7 Å². The lowest BCUT2D eigenvalue weighted by Gasteiger charge is -2.25. The quantitative estimate of drug-likeness (QED) is 0.908. The number of carbonyl (C=O) groups is 1. The molecule has 0 spiro atoms. The molecule has 2 aromatic rings. The standard InChI is InChI=1S/C15H16N2O2S/c18-15(19)12-8-16-13-6-2-1-5-11(13)14(12)17-10-4-3-7-20-9-10/h1-2,5-6,8,10H,3-4,7,9H2,(H,16,17)(H,18,19). The summed E-state index contributed by atoms with van der Waals surface area (Å²) in [6.45, 7) is 0. The topological polar surface area (TPSA) is 62.2 Å². The number of rotatable bonds is 3. The number of para-hydroxylation sites is 1. The number of carboxylic acid groups (broad SMARTS) is 1. The number of hydrogen-bond donors (Lipinski definition) is 2. The van der Waals surface area contributed by atoms with Gasteiger partial charge in [0.15, 0.2) is 0 Å². The first-order valence-corrected chi connectivity index (χ1v) is 7.86. The molecule has 4 nitrogen and oxygen atoms in total. The Kier molecular flexibility index (Phi) is 3.78. The fraction of sp³-hybridized carbons (Fsp3) is 0.333. The van der Waals surface area contributed by atoms with Crippen LogP contribution in [-0.4, -0.2) is 33.6 Å². The molecule has 1 aliphatic rings. The summed E-state index contributed by atoms with van der Waals surface area (Å²) in [6, 6.07) is 7.99. The summed E-state index contributed by atoms with van der Waals surface area (Å²) < 4.78 is 0. The van der Waals surface area contributed by atoms with Crippen molar-refractivity contribution in [3.63, 3.8) is 0 Å². The monoisotopic (exact) mass is 288 g/mol. The zero-order chi connectivity index (χ0) is 13.9. The highest BCUT2D eigenvalue weighted by molar-refractivity contribution is 7.99. The van der Waals surface area contributed by atoms with Crippen molar-refractivity contribution in [1.82, 2.24) is 4.98 Å². The summed E-state index contributed by atoms with van der Waals surface area (Å²) in [5, 5.41) is 13.7. The van der Waals surface area contributed by atoms with Gasteiger partial charge in [0.05, 0.1) is 11.2 Å². The van der Waals surface area contributed by atoms with Crippen LogP contribution in [0, 0.1) is 0 Å². The Morgan fingerprint density at radius 2 is 2.25 bits per heavy atom. The van der Waals surface area contributed by atoms with Crippen LogP contribution in [0.25, 0.3) is 10.9 Å². The molecule has 104 valence electrons. The molecule has 2 heterocycles. The van der Waals surface area contributed by atoms with Gasteiger partial charge in [-0.05, 0) is 24.7 Å². The molecule has 5 heteroatoms. The molecular formula is C15H16N2O2S. The van der Waals surface area contributed by atoms with E-state index in [4.69, 9.17) is 0 Å². The maximum atomic E-state index is 11.4. The number of benzene rings is 1. The van der Waals surface area contributed by atoms with Gasteiger partial charge in [0, 0.05) is 23.4 Å². The smallest absolute Gasteiger partial charge is 0.339 e. The Morgan fingerprint density at radius 1 is 1.40 bits per heavy atom. The molecule has 0 bridgehead atoms. The van der Waals surface area contributed by atoms with E-state index < -0.39 is 5.97 Å². The molecule has 1 atom stereocenters. The SMILES string of the molecule is O=C(O)c1cnc2ccccc2c1NC1CCCSC1. The van der Waals surface area contributed by atoms with Crippen molar-refractivity contribution in [3.8, 4) is 0 Å². The van der Waals surface area contributed by atoms with Crippen LogP contribution in [0.15, 0.2) is 30.5 Å². The molecule has 1 aromatic heterocycles. The van der Waals surface area contributed by atoms with Gasteiger partial charge in [-0.1, -0.05) is 18.2 Å². The lowest BCUT2D eigenvalue weighted by Crippen LogP contribution is -2.27. The molecule has 1 unspecified atom stereocenters. The molecule has 0 amide bonds. The van der Waals surface area contributed by atoms with Crippen molar-refractivity contribution in [3.05, 3.63) is 36.0 Å². The average Bonchev–Trinajstić information content (AvgIpc) is 2.48. The number of nitrogens with one attached hydrogen (secondary N) is 1. The van der Waals surface area contributed by atoms with Crippen molar-refractivity contribution in [2.24, 2.45) is 0 Å². The molecule has 20 heavy (non-hydrogen) atoms. The van der Waals surface area contributed by atoms with E-state index in [-0.39, 0.29) is 5.56 Å². The minimum Gasteiger partial charge on any atom is -0.478 e. The van der Waals surface area contributed by atoms with Gasteiger partial charge in [0.1, 0.15) is 5.56 Å². The first-order chi connectivity index (χ1) is 9.75. The van der Waals surface area contributed by atoms with Crippen LogP contribution in [-0.2, 0) is 0 Å². The summed E-state index contributed by atoms with van der Waals surface area (Å²) in [6.07, 6.45) is 3.71. The Morgan fingerprint density at radius 3 is 3.00 bits per heavy atom. The number of fused-ring (bicyclic) bond motifs is 1. The highest BCUT2D eigenvalue weighted by Crippen LogP contribution is 2.29. The molecular weight excluding hydrogens is 272 g/mol. The van der Waals surface area contributed by atoms with Crippen molar-refractivity contribution in [2.75, 3.05) is 16.8 Å². The number of carboxylic acids is 1. The third kappa shape index (κ3) is 2.58. The second kappa shape index (κ2) is 5.71. The lowest BCUT2D eigenvalue weighted by atomic mass is 10.1. The number of aromatic carboxylic acids is 1. The Bertz CT molecular complexity index is 639. The van der Waals surface area contributed by atoms with Gasteiger partial charge in [-0.2, -0.15) is 11.8 Å². The second-order valence-electron chi connectivity index (χ2n) is 4.93. The van der Waals surface area contributed by atoms with Crippen LogP contribution in [0.3, 0.4) is 0 Å². The summed E-state index contributed by atoms with van der Waals surface area (Å²) in [4.78, 5) is 15.7. The first-order valence-electron chi connectivity index (χ1n) is 6.71. The van der Waals surface area contributed by atoms with Gasteiger partial charge >= 0.3 is 5.97 Å². The largest absolute Gasteiger partial charge is 0.478 e. The average molecular weight is 288 g/mol. The number of nitrogens with zero attached hydrogens (tertiary/aromatic N) is 1. The molecule has 1 aromatic carbocycles. The van der Waals surface area contributed by atoms with Gasteiger partial charge < -0.3 is 10.4 Å². The summed E-state index contributed by atoms with van der Waals surface area (Å²) in [5.41, 5.74) is 1.78. The zero-order valence-corrected chi connectivity index (χ0v) is 11.8. The van der Waals surface area contributed by atoms with Crippen molar-refractivity contribution < 1.29 is 9.90 Å². The van der Waals surface area contributed by atoms with E-state index in [1.807, 2.05) is 36.0 Å². The second-order valence-corrected chi connectivity index (χ2v) is 6.08. The van der Waals surface area contributed by atoms with Crippen LogP contribution in [0.2, 0.25) is 0 Å². The Hall–Kier alpha value is -1.75. The van der Waals surface area contributed by atoms with Crippen LogP contribution >= 0.6 is 11.8 Å². The van der Waals surface area contributed by atoms with Crippen LogP contribution in [0.5, 0.6) is 0 Å². The maximum Gasteiger partial charge on any atom is 0.339 e. The van der Waals surface area contributed by atoms with Crippen molar-refractivity contribution in [2.45, 2.75) is 18.9 Å². The zero-order valence-electron chi connectivity index (χ0n) is 11.0. The molecule has 0 aliphatic carbocycles. The Labute approximate surface area is 121 Å². The van der Waals surface area contributed by atoms with Crippen molar-refractivity contribution >= 4 is 34.3 Å². The number of thioether (sulfide) groups is 1. The first kappa shape index (κ1) is 13.2. The minimum absolute atomic E-state index is 0.249. The van der Waals surface area contributed by atoms with Gasteiger partial charge in [-0.25, -0.2) is 4.79 Å². The minimum atomic E-state index is -0.936. The molecule has 3 rings (SSSR count). The normalized spacial score (nSPS) is 18.9. The number of hydrogen-bond acceptors (Lipinski definition) is 4. The van der Waals surface area contributed by atoms with E-state index in [1.54, 1.807) is 0 Å². The van der Waals surface area contributed by atoms with E-state index in [2.05, 4.69) is 10.3 Å². The third-order valence-electron chi connectivity index (χ3n) is 3.51. The molecule has 2 N–H and O–H groups in total. The molecule has 0 radical (unpaired) electrons. The lowest BCUT2D eigenvalue weighted by molar-refractivity contribution is 0.0697. The van der Waals surface area contributed by atoms with Gasteiger partial charge in [-0.15, -0.1) is 0 Å². The predicted octanol–water partition coefficient (Wildman–Crippen LogP) is 3.24. The van der Waals surface area contributed by atoms with E-state index >= 15 is 0 Å². The van der Waals surface area contributed by atoms with E-state index in [9.17, 15) is 9.90 Å². The van der Waals surface area contributed by atoms with Gasteiger partial charge in [-0.3, -0.25) is 4.98 Å². The molecule has 1 saturated heterocycles. The van der Waals surface area contributed by atoms with Gasteiger partial charge in [0.25, 0.3) is 0 Å². The highest BCUT2D eigenvalue weighted by Gasteiger charge is 2.19. The summed E-state index contributed by atoms with van der Waals surface area (Å²) in [7, 11) is 0. The maximum absolute atomic E-state index is 11.4. The number of aromatic nitrogens is 1. The third-order valence-corrected chi connectivity index (χ3v) is 4.73. The van der Waals surface area contributed by atoms with E-state index in [1.165, 1.54) is 18.4 Å². The molecule has 1 fully saturated rings. The van der Waals surface area contributed by atoms with Crippen molar-refractivity contribution in [1.29, 1.82) is 0 Å². The van der Waals surface area contributed by atoms with Crippen LogP contribution < -0.4 is 5.32 Å². The summed E-state index contributed by atoms with van der Waals surface area (Å²) >= 11 is 1.92. The molecule has 0 saturated carbocycles. The number of anilines is 1. The van der Waals surface area contributed by atoms with E-state index in [0.717, 1.165) is 23.1 Å².